The third-order valence-electron chi connectivity index (χ3n) is 4.87. The number of esters is 2. The van der Waals surface area contributed by atoms with E-state index in [0.29, 0.717) is 26.1 Å². The Kier molecular flexibility index (Phi) is 20.6. The van der Waals surface area contributed by atoms with Crippen LogP contribution in [0.1, 0.15) is 66.4 Å². The van der Waals surface area contributed by atoms with Gasteiger partial charge in [0, 0.05) is 40.2 Å². The minimum atomic E-state index is -0.991. The molecule has 0 saturated heterocycles. The summed E-state index contributed by atoms with van der Waals surface area (Å²) in [5, 5.41) is 8.64. The van der Waals surface area contributed by atoms with E-state index in [4.69, 9.17) is 19.3 Å². The number of aliphatic carboxylic acids is 1. The number of rotatable bonds is 5. The van der Waals surface area contributed by atoms with Gasteiger partial charge in [-0.3, -0.25) is 4.79 Å². The fraction of sp³-hybridized carbons (Fsp3) is 0.481. The molecule has 1 aromatic carbocycles. The summed E-state index contributed by atoms with van der Waals surface area (Å²) in [6.07, 6.45) is 9.61. The Hall–Kier alpha value is -2.63. The second-order valence-corrected chi connectivity index (χ2v) is 7.81. The van der Waals surface area contributed by atoms with E-state index in [-0.39, 0.29) is 47.2 Å². The molecule has 0 unspecified atom stereocenters. The van der Waals surface area contributed by atoms with Crippen LogP contribution >= 0.6 is 0 Å². The summed E-state index contributed by atoms with van der Waals surface area (Å²) in [6.45, 7) is 7.30. The number of hydrogen-bond acceptors (Lipinski definition) is 7. The monoisotopic (exact) mass is 599 g/mol. The van der Waals surface area contributed by atoms with Crippen molar-refractivity contribution in [2.24, 2.45) is 0 Å². The van der Waals surface area contributed by atoms with Crippen LogP contribution in [0.5, 0.6) is 0 Å². The third kappa shape index (κ3) is 14.1. The molecule has 2 heterocycles. The first-order valence-electron chi connectivity index (χ1n) is 10.9. The molecule has 0 aromatic heterocycles. The molecule has 0 fully saturated rings. The van der Waals surface area contributed by atoms with E-state index in [1.807, 2.05) is 42.5 Å². The van der Waals surface area contributed by atoms with Crippen molar-refractivity contribution in [1.29, 1.82) is 0 Å². The van der Waals surface area contributed by atoms with Gasteiger partial charge in [-0.05, 0) is 51.3 Å². The molecule has 9 heteroatoms. The predicted octanol–water partition coefficient (Wildman–Crippen LogP) is 5.62. The van der Waals surface area contributed by atoms with Gasteiger partial charge in [0.25, 0.3) is 0 Å². The van der Waals surface area contributed by atoms with Crippen LogP contribution in [0.3, 0.4) is 0 Å². The zero-order chi connectivity index (χ0) is 24.7. The fourth-order valence-corrected chi connectivity index (χ4v) is 2.75. The zero-order valence-corrected chi connectivity index (χ0v) is 22.6. The van der Waals surface area contributed by atoms with Crippen LogP contribution < -0.4 is 0 Å². The summed E-state index contributed by atoms with van der Waals surface area (Å²) in [4.78, 5) is 32.3. The van der Waals surface area contributed by atoms with Gasteiger partial charge in [0.15, 0.2) is 0 Å². The second kappa shape index (κ2) is 19.5. The Morgan fingerprint density at radius 3 is 1.78 bits per heavy atom. The maximum atomic E-state index is 11.9. The van der Waals surface area contributed by atoms with Gasteiger partial charge in [-0.2, -0.15) is 0 Å². The molecule has 0 saturated carbocycles. The summed E-state index contributed by atoms with van der Waals surface area (Å²) in [5.74, 6) is -1.40. The number of carbonyl (C=O) groups is 3. The molecule has 0 aliphatic carbocycles. The van der Waals surface area contributed by atoms with Crippen LogP contribution in [-0.2, 0) is 60.4 Å². The van der Waals surface area contributed by atoms with E-state index >= 15 is 0 Å². The average molecular weight is 600 g/mol. The molecule has 36 heavy (non-hydrogen) atoms. The molecule has 2 atom stereocenters. The van der Waals surface area contributed by atoms with Crippen molar-refractivity contribution in [3.05, 3.63) is 68.0 Å². The van der Waals surface area contributed by atoms with E-state index in [2.05, 4.69) is 4.74 Å². The standard InChI is InChI=1S/C14H16O3.C7H10O3.C4H8O2.CH4.CH3.Pd/c1-14(9-5-6-10-17-14)13(15)16-11-12-7-3-2-4-8-12;1-7(6(8)9)4-2-3-5-10-7;1-3-6-4(2)5;;;/h2-4,6-8,10H,5,9,11H2,1H3;3,5H,2,4H2,1H3,(H,8,9);3H2,1-2H3;1H4;1H3;/q;;;;-1;/t14-;7-;;;;/m11..../s1. The number of ether oxygens (including phenoxy) is 4. The molecule has 0 amide bonds. The van der Waals surface area contributed by atoms with Crippen LogP contribution in [0.4, 0.5) is 0 Å². The predicted molar refractivity (Wildman–Crippen MR) is 135 cm³/mol. The smallest absolute Gasteiger partial charge is 0.350 e. The van der Waals surface area contributed by atoms with Gasteiger partial charge >= 0.3 is 17.9 Å². The van der Waals surface area contributed by atoms with Crippen molar-refractivity contribution in [3.63, 3.8) is 0 Å². The minimum absolute atomic E-state index is 0. The molecule has 3 rings (SSSR count). The van der Waals surface area contributed by atoms with E-state index in [1.54, 1.807) is 27.0 Å². The molecule has 8 nitrogen and oxygen atoms in total. The fourth-order valence-electron chi connectivity index (χ4n) is 2.75. The molecule has 1 N–H and O–H groups in total. The Bertz CT molecular complexity index is 824. The van der Waals surface area contributed by atoms with Crippen molar-refractivity contribution < 1.29 is 58.9 Å². The normalized spacial score (nSPS) is 20.8. The molecule has 0 bridgehead atoms. The first-order valence-corrected chi connectivity index (χ1v) is 10.9. The number of benzene rings is 1. The van der Waals surface area contributed by atoms with E-state index in [1.165, 1.54) is 13.2 Å². The van der Waals surface area contributed by atoms with Crippen LogP contribution in [0, 0.1) is 7.43 Å². The maximum Gasteiger partial charge on any atom is 0.350 e. The largest absolute Gasteiger partial charge is 0.484 e. The Morgan fingerprint density at radius 1 is 0.944 bits per heavy atom. The molecular formula is C27H41O8Pd-. The number of carboxylic acids is 1. The molecule has 0 radical (unpaired) electrons. The molecule has 0 spiro atoms. The van der Waals surface area contributed by atoms with Gasteiger partial charge in [-0.25, -0.2) is 9.59 Å². The van der Waals surface area contributed by atoms with Crippen LogP contribution in [0.25, 0.3) is 0 Å². The maximum absolute atomic E-state index is 11.9. The molecule has 208 valence electrons. The number of hydrogen-bond donors (Lipinski definition) is 1. The quantitative estimate of drug-likeness (QED) is 0.264. The SMILES string of the molecule is C.CCOC(C)=O.C[C@]1(C(=O)O)CCC=CO1.C[C@]1(C(=O)OCc2ccccc2)CCC=CO1.[CH3-].[Pd]. The summed E-state index contributed by atoms with van der Waals surface area (Å²) >= 11 is 0. The van der Waals surface area contributed by atoms with Gasteiger partial charge in [-0.1, -0.05) is 37.8 Å². The minimum Gasteiger partial charge on any atom is -0.484 e. The first kappa shape index (κ1) is 37.9. The van der Waals surface area contributed by atoms with Gasteiger partial charge in [0.2, 0.25) is 11.2 Å². The molecule has 2 aliphatic heterocycles. The first-order chi connectivity index (χ1) is 15.6. The van der Waals surface area contributed by atoms with Crippen LogP contribution in [0.2, 0.25) is 0 Å². The Balaban J connectivity index is -0.000000495. The number of carbonyl (C=O) groups excluding carboxylic acids is 2. The van der Waals surface area contributed by atoms with Crippen LogP contribution in [0.15, 0.2) is 55.0 Å². The van der Waals surface area contributed by atoms with Crippen molar-refractivity contribution in [1.82, 2.24) is 0 Å². The van der Waals surface area contributed by atoms with Gasteiger partial charge in [-0.15, -0.1) is 0 Å². The zero-order valence-electron chi connectivity index (χ0n) is 21.1. The Labute approximate surface area is 229 Å². The number of carboxylic acid groups (broad SMARTS) is 1. The van der Waals surface area contributed by atoms with Crippen molar-refractivity contribution >= 4 is 17.9 Å². The van der Waals surface area contributed by atoms with E-state index < -0.39 is 17.2 Å². The summed E-state index contributed by atoms with van der Waals surface area (Å²) < 4.78 is 20.0. The second-order valence-electron chi connectivity index (χ2n) is 7.81. The molecular weight excluding hydrogens is 559 g/mol. The molecule has 2 aliphatic rings. The third-order valence-corrected chi connectivity index (χ3v) is 4.87. The van der Waals surface area contributed by atoms with Gasteiger partial charge in [0.1, 0.15) is 6.61 Å². The average Bonchev–Trinajstić information content (AvgIpc) is 2.80. The van der Waals surface area contributed by atoms with E-state index in [0.717, 1.165) is 18.4 Å². The summed E-state index contributed by atoms with van der Waals surface area (Å²) in [7, 11) is 0. The summed E-state index contributed by atoms with van der Waals surface area (Å²) in [5.41, 5.74) is -0.839. The summed E-state index contributed by atoms with van der Waals surface area (Å²) in [6, 6.07) is 9.63. The van der Waals surface area contributed by atoms with E-state index in [9.17, 15) is 14.4 Å². The Morgan fingerprint density at radius 2 is 1.44 bits per heavy atom. The van der Waals surface area contributed by atoms with Crippen molar-refractivity contribution in [2.45, 2.75) is 78.6 Å². The van der Waals surface area contributed by atoms with Gasteiger partial charge < -0.3 is 31.5 Å². The van der Waals surface area contributed by atoms with Gasteiger partial charge in [0.05, 0.1) is 19.1 Å². The topological polar surface area (TPSA) is 108 Å². The molecule has 1 aromatic rings. The van der Waals surface area contributed by atoms with Crippen molar-refractivity contribution in [3.8, 4) is 0 Å². The van der Waals surface area contributed by atoms with Crippen molar-refractivity contribution in [2.75, 3.05) is 6.61 Å². The van der Waals surface area contributed by atoms with Crippen LogP contribution in [-0.4, -0.2) is 40.8 Å². The number of allylic oxidation sites excluding steroid dienone is 2.